The highest BCUT2D eigenvalue weighted by atomic mass is 16.5. The summed E-state index contributed by atoms with van der Waals surface area (Å²) in [4.78, 5) is 19.3. The smallest absolute Gasteiger partial charge is 0.243 e. The van der Waals surface area contributed by atoms with Crippen molar-refractivity contribution >= 4 is 23.2 Å². The molecule has 0 aliphatic carbocycles. The molecule has 0 saturated carbocycles. The SMILES string of the molecule is Cc1cc(C)c(OC(C)CC(=O)N/N=C\c2ccc3nc[nH]c3c2)c(C)c1. The predicted molar refractivity (Wildman–Crippen MR) is 107 cm³/mol. The molecule has 6 heteroatoms. The van der Waals surface area contributed by atoms with E-state index in [1.165, 1.54) is 5.56 Å². The normalized spacial score (nSPS) is 12.4. The fourth-order valence-corrected chi connectivity index (χ4v) is 3.11. The first-order valence-electron chi connectivity index (χ1n) is 8.92. The third-order valence-corrected chi connectivity index (χ3v) is 4.24. The largest absolute Gasteiger partial charge is 0.490 e. The number of nitrogens with zero attached hydrogens (tertiary/aromatic N) is 2. The topological polar surface area (TPSA) is 79.4 Å². The number of imidazole rings is 1. The Kier molecular flexibility index (Phi) is 5.54. The fourth-order valence-electron chi connectivity index (χ4n) is 3.11. The molecule has 27 heavy (non-hydrogen) atoms. The lowest BCUT2D eigenvalue weighted by molar-refractivity contribution is -0.122. The molecule has 0 fully saturated rings. The van der Waals surface area contributed by atoms with Crippen LogP contribution in [0, 0.1) is 20.8 Å². The number of amides is 1. The third-order valence-electron chi connectivity index (χ3n) is 4.24. The molecule has 1 atom stereocenters. The molecular weight excluding hydrogens is 340 g/mol. The molecule has 2 N–H and O–H groups in total. The number of hydrogen-bond donors (Lipinski definition) is 2. The van der Waals surface area contributed by atoms with Crippen LogP contribution in [0.3, 0.4) is 0 Å². The van der Waals surface area contributed by atoms with E-state index in [1.807, 2.05) is 39.0 Å². The molecule has 140 valence electrons. The van der Waals surface area contributed by atoms with Gasteiger partial charge in [0.15, 0.2) is 0 Å². The maximum absolute atomic E-state index is 12.1. The number of carbonyl (C=O) groups is 1. The Hall–Kier alpha value is -3.15. The number of rotatable bonds is 6. The number of ether oxygens (including phenoxy) is 1. The third kappa shape index (κ3) is 4.73. The van der Waals surface area contributed by atoms with Crippen molar-refractivity contribution in [3.63, 3.8) is 0 Å². The van der Waals surface area contributed by atoms with Gasteiger partial charge in [0.25, 0.3) is 0 Å². The average molecular weight is 364 g/mol. The zero-order valence-electron chi connectivity index (χ0n) is 16.0. The Morgan fingerprint density at radius 3 is 2.74 bits per heavy atom. The first-order chi connectivity index (χ1) is 12.9. The lowest BCUT2D eigenvalue weighted by Crippen LogP contribution is -2.25. The number of hydrogen-bond acceptors (Lipinski definition) is 4. The average Bonchev–Trinajstić information content (AvgIpc) is 3.06. The van der Waals surface area contributed by atoms with Crippen molar-refractivity contribution in [1.29, 1.82) is 0 Å². The Morgan fingerprint density at radius 2 is 2.00 bits per heavy atom. The zero-order chi connectivity index (χ0) is 19.4. The van der Waals surface area contributed by atoms with Gasteiger partial charge in [-0.25, -0.2) is 10.4 Å². The van der Waals surface area contributed by atoms with Gasteiger partial charge in [0.05, 0.1) is 30.0 Å². The summed E-state index contributed by atoms with van der Waals surface area (Å²) in [6.07, 6.45) is 3.23. The minimum absolute atomic E-state index is 0.191. The van der Waals surface area contributed by atoms with Crippen LogP contribution in [0.4, 0.5) is 0 Å². The second kappa shape index (κ2) is 8.03. The number of aryl methyl sites for hydroxylation is 3. The molecule has 1 aromatic heterocycles. The molecule has 3 rings (SSSR count). The highest BCUT2D eigenvalue weighted by Crippen LogP contribution is 2.26. The summed E-state index contributed by atoms with van der Waals surface area (Å²) in [5.74, 6) is 0.654. The minimum Gasteiger partial charge on any atom is -0.490 e. The van der Waals surface area contributed by atoms with Gasteiger partial charge >= 0.3 is 0 Å². The van der Waals surface area contributed by atoms with Crippen LogP contribution in [-0.4, -0.2) is 28.2 Å². The van der Waals surface area contributed by atoms with E-state index in [0.29, 0.717) is 0 Å². The molecule has 1 heterocycles. The van der Waals surface area contributed by atoms with Crippen LogP contribution in [-0.2, 0) is 4.79 Å². The van der Waals surface area contributed by atoms with Gasteiger partial charge in [0, 0.05) is 0 Å². The number of aromatic amines is 1. The van der Waals surface area contributed by atoms with E-state index < -0.39 is 0 Å². The van der Waals surface area contributed by atoms with Gasteiger partial charge < -0.3 is 9.72 Å². The summed E-state index contributed by atoms with van der Waals surface area (Å²) >= 11 is 0. The Bertz CT molecular complexity index is 968. The molecule has 0 spiro atoms. The first-order valence-corrected chi connectivity index (χ1v) is 8.92. The van der Waals surface area contributed by atoms with Crippen LogP contribution in [0.25, 0.3) is 11.0 Å². The number of benzene rings is 2. The number of H-pyrrole nitrogens is 1. The molecular formula is C21H24N4O2. The van der Waals surface area contributed by atoms with Crippen LogP contribution >= 0.6 is 0 Å². The van der Waals surface area contributed by atoms with Gasteiger partial charge in [-0.05, 0) is 56.5 Å². The van der Waals surface area contributed by atoms with Gasteiger partial charge in [0.1, 0.15) is 11.9 Å². The number of hydrazone groups is 1. The van der Waals surface area contributed by atoms with E-state index in [2.05, 4.69) is 39.6 Å². The van der Waals surface area contributed by atoms with Crippen molar-refractivity contribution in [3.8, 4) is 5.75 Å². The molecule has 0 saturated heterocycles. The molecule has 1 amide bonds. The molecule has 0 radical (unpaired) electrons. The fraction of sp³-hybridized carbons (Fsp3) is 0.286. The number of nitrogens with one attached hydrogen (secondary N) is 2. The Morgan fingerprint density at radius 1 is 1.26 bits per heavy atom. The number of fused-ring (bicyclic) bond motifs is 1. The second-order valence-corrected chi connectivity index (χ2v) is 6.83. The number of aromatic nitrogens is 2. The number of carbonyl (C=O) groups excluding carboxylic acids is 1. The van der Waals surface area contributed by atoms with Gasteiger partial charge in [0.2, 0.25) is 5.91 Å². The highest BCUT2D eigenvalue weighted by molar-refractivity contribution is 5.87. The van der Waals surface area contributed by atoms with Crippen LogP contribution in [0.1, 0.15) is 35.6 Å². The van der Waals surface area contributed by atoms with Crippen molar-refractivity contribution in [1.82, 2.24) is 15.4 Å². The summed E-state index contributed by atoms with van der Waals surface area (Å²) in [6.45, 7) is 7.98. The van der Waals surface area contributed by atoms with Crippen molar-refractivity contribution < 1.29 is 9.53 Å². The second-order valence-electron chi connectivity index (χ2n) is 6.83. The molecule has 0 aliphatic rings. The molecule has 0 aliphatic heterocycles. The molecule has 2 aromatic carbocycles. The standard InChI is InChI=1S/C21H24N4O2/c1-13-7-14(2)21(15(3)8-13)27-16(4)9-20(26)25-24-11-17-5-6-18-19(10-17)23-12-22-18/h5-8,10-12,16H,9H2,1-4H3,(H,22,23)(H,25,26)/b24-11-. The lowest BCUT2D eigenvalue weighted by Gasteiger charge is -2.18. The first kappa shape index (κ1) is 18.6. The summed E-state index contributed by atoms with van der Waals surface area (Å²) in [7, 11) is 0. The predicted octanol–water partition coefficient (Wildman–Crippen LogP) is 3.80. The Labute approximate surface area is 158 Å². The lowest BCUT2D eigenvalue weighted by atomic mass is 10.1. The van der Waals surface area contributed by atoms with E-state index >= 15 is 0 Å². The van der Waals surface area contributed by atoms with Crippen molar-refractivity contribution in [3.05, 3.63) is 58.9 Å². The maximum atomic E-state index is 12.1. The van der Waals surface area contributed by atoms with E-state index in [-0.39, 0.29) is 18.4 Å². The van der Waals surface area contributed by atoms with Gasteiger partial charge in [-0.2, -0.15) is 5.10 Å². The summed E-state index contributed by atoms with van der Waals surface area (Å²) in [5, 5.41) is 4.03. The summed E-state index contributed by atoms with van der Waals surface area (Å²) < 4.78 is 5.98. The van der Waals surface area contributed by atoms with Crippen molar-refractivity contribution in [2.75, 3.05) is 0 Å². The van der Waals surface area contributed by atoms with E-state index in [9.17, 15) is 4.79 Å². The van der Waals surface area contributed by atoms with Crippen LogP contribution in [0.5, 0.6) is 5.75 Å². The van der Waals surface area contributed by atoms with E-state index in [4.69, 9.17) is 4.74 Å². The maximum Gasteiger partial charge on any atom is 0.243 e. The highest BCUT2D eigenvalue weighted by Gasteiger charge is 2.13. The quantitative estimate of drug-likeness (QED) is 0.516. The molecule has 1 unspecified atom stereocenters. The van der Waals surface area contributed by atoms with E-state index in [1.54, 1.807) is 12.5 Å². The molecule has 6 nitrogen and oxygen atoms in total. The van der Waals surface area contributed by atoms with Crippen LogP contribution in [0.15, 0.2) is 41.8 Å². The van der Waals surface area contributed by atoms with Crippen LogP contribution in [0.2, 0.25) is 0 Å². The van der Waals surface area contributed by atoms with Gasteiger partial charge in [-0.3, -0.25) is 4.79 Å². The zero-order valence-corrected chi connectivity index (χ0v) is 16.0. The summed E-state index contributed by atoms with van der Waals surface area (Å²) in [5.41, 5.74) is 8.60. The summed E-state index contributed by atoms with van der Waals surface area (Å²) in [6, 6.07) is 9.88. The van der Waals surface area contributed by atoms with Gasteiger partial charge in [-0.15, -0.1) is 0 Å². The van der Waals surface area contributed by atoms with Crippen molar-refractivity contribution in [2.45, 2.75) is 40.2 Å². The van der Waals surface area contributed by atoms with Crippen LogP contribution < -0.4 is 10.2 Å². The van der Waals surface area contributed by atoms with E-state index in [0.717, 1.165) is 33.5 Å². The minimum atomic E-state index is -0.248. The van der Waals surface area contributed by atoms with Gasteiger partial charge in [-0.1, -0.05) is 23.8 Å². The Balaban J connectivity index is 1.54. The molecule has 3 aromatic rings. The monoisotopic (exact) mass is 364 g/mol. The molecule has 0 bridgehead atoms. The van der Waals surface area contributed by atoms with Crippen molar-refractivity contribution in [2.24, 2.45) is 5.10 Å².